The minimum Gasteiger partial charge on any atom is -0.465 e. The van der Waals surface area contributed by atoms with Gasteiger partial charge in [0.05, 0.1) is 48.1 Å². The number of hydrogen-bond acceptors (Lipinski definition) is 8. The summed E-state index contributed by atoms with van der Waals surface area (Å²) >= 11 is 0. The van der Waals surface area contributed by atoms with Crippen LogP contribution in [0.5, 0.6) is 0 Å². The molecule has 1 saturated heterocycles. The Morgan fingerprint density at radius 2 is 1.77 bits per heavy atom. The van der Waals surface area contributed by atoms with Gasteiger partial charge >= 0.3 is 5.97 Å². The highest BCUT2D eigenvalue weighted by molar-refractivity contribution is 5.95. The second-order valence-corrected chi connectivity index (χ2v) is 22.6. The number of nitrogens with one attached hydrogen (secondary N) is 1. The number of fused-ring (bicyclic) bond motifs is 11. The molecule has 2 aromatic heterocycles. The topological polar surface area (TPSA) is 165 Å². The van der Waals surface area contributed by atoms with Gasteiger partial charge in [0.25, 0.3) is 0 Å². The fraction of sp³-hybridized carbons (Fsp3) is 0.731. The Kier molecular flexibility index (Phi) is 10.7. The third-order valence-corrected chi connectivity index (χ3v) is 19.3. The first-order valence-electron chi connectivity index (χ1n) is 24.2. The number of aliphatic hydroxyl groups excluding tert-OH is 3. The van der Waals surface area contributed by atoms with Crippen LogP contribution in [-0.4, -0.2) is 83.0 Å². The fourth-order valence-corrected chi connectivity index (χ4v) is 16.1. The second-order valence-electron chi connectivity index (χ2n) is 22.6. The van der Waals surface area contributed by atoms with E-state index in [4.69, 9.17) is 4.74 Å². The number of aromatic nitrogens is 2. The summed E-state index contributed by atoms with van der Waals surface area (Å²) in [5.41, 5.74) is -1.41. The van der Waals surface area contributed by atoms with Gasteiger partial charge in [-0.05, 0) is 149 Å². The van der Waals surface area contributed by atoms with Crippen molar-refractivity contribution in [3.8, 4) is 11.8 Å². The maximum absolute atomic E-state index is 14.3. The number of hydrogen-bond donors (Lipinski definition) is 6. The molecule has 4 saturated carbocycles. The highest BCUT2D eigenvalue weighted by atomic mass is 16.5. The van der Waals surface area contributed by atoms with Gasteiger partial charge in [0, 0.05) is 66.0 Å². The summed E-state index contributed by atoms with van der Waals surface area (Å²) in [6.07, 6.45) is 16.2. The molecule has 0 spiro atoms. The van der Waals surface area contributed by atoms with Gasteiger partial charge in [-0.25, -0.2) is 0 Å². The number of esters is 1. The molecule has 336 valence electrons. The van der Waals surface area contributed by atoms with Crippen LogP contribution in [0.15, 0.2) is 48.0 Å². The number of allylic oxidation sites excluding steroid dienone is 3. The first-order valence-corrected chi connectivity index (χ1v) is 24.2. The van der Waals surface area contributed by atoms with Crippen LogP contribution in [0.3, 0.4) is 0 Å². The monoisotopic (exact) mass is 851 g/mol. The number of aryl methyl sites for hydroxylation is 1. The lowest BCUT2D eigenvalue weighted by Crippen LogP contribution is -2.64. The fourth-order valence-electron chi connectivity index (χ4n) is 16.1. The van der Waals surface area contributed by atoms with Gasteiger partial charge in [0.2, 0.25) is 0 Å². The maximum Gasteiger partial charge on any atom is 0.306 e. The molecule has 0 bridgehead atoms. The SMILES string of the molecule is CC1CCC2=CCC3C(C)CC(O)C(C)(O)C4C(CC#CC(C5COC(=O)C5)CC3C2C1)CC1(O)C2=CC(=O)C3CC(O)C(O)CC3(C)C2CCC41CCn1cc2cc[nH]c2c1. The van der Waals surface area contributed by atoms with E-state index in [2.05, 4.69) is 60.6 Å². The van der Waals surface area contributed by atoms with Crippen molar-refractivity contribution in [3.63, 3.8) is 0 Å². The lowest BCUT2D eigenvalue weighted by Gasteiger charge is -2.61. The van der Waals surface area contributed by atoms with Crippen molar-refractivity contribution >= 4 is 22.7 Å². The van der Waals surface area contributed by atoms with E-state index in [0.717, 1.165) is 36.6 Å². The van der Waals surface area contributed by atoms with E-state index in [9.17, 15) is 35.1 Å². The van der Waals surface area contributed by atoms with Crippen LogP contribution in [0.25, 0.3) is 10.9 Å². The molecule has 10 heteroatoms. The van der Waals surface area contributed by atoms with Gasteiger partial charge < -0.3 is 39.8 Å². The highest BCUT2D eigenvalue weighted by Crippen LogP contribution is 2.72. The van der Waals surface area contributed by atoms with E-state index in [1.165, 1.54) is 6.42 Å². The average Bonchev–Trinajstić information content (AvgIpc) is 4.00. The molecule has 10 rings (SSSR count). The van der Waals surface area contributed by atoms with Gasteiger partial charge in [0.15, 0.2) is 5.78 Å². The van der Waals surface area contributed by atoms with Gasteiger partial charge in [-0.2, -0.15) is 0 Å². The van der Waals surface area contributed by atoms with Crippen molar-refractivity contribution in [3.05, 3.63) is 48.0 Å². The maximum atomic E-state index is 14.3. The lowest BCUT2D eigenvalue weighted by atomic mass is 9.44. The first-order chi connectivity index (χ1) is 29.5. The summed E-state index contributed by atoms with van der Waals surface area (Å²) in [4.78, 5) is 30.3. The molecule has 7 aliphatic carbocycles. The molecule has 5 fully saturated rings. The molecule has 0 radical (unpaired) electrons. The number of H-pyrrole nitrogens is 1. The molecule has 18 unspecified atom stereocenters. The van der Waals surface area contributed by atoms with Crippen molar-refractivity contribution in [2.75, 3.05) is 6.61 Å². The van der Waals surface area contributed by atoms with Crippen LogP contribution >= 0.6 is 0 Å². The van der Waals surface area contributed by atoms with Crippen LogP contribution in [-0.2, 0) is 20.9 Å². The van der Waals surface area contributed by atoms with Crippen molar-refractivity contribution in [2.45, 2.75) is 154 Å². The number of nitrogens with zero attached hydrogens (tertiary/aromatic N) is 1. The number of cyclic esters (lactones) is 1. The van der Waals surface area contributed by atoms with Crippen molar-refractivity contribution < 1.29 is 39.9 Å². The first kappa shape index (κ1) is 42.7. The second kappa shape index (κ2) is 15.5. The number of carbonyl (C=O) groups is 2. The number of ketones is 1. The van der Waals surface area contributed by atoms with Crippen molar-refractivity contribution in [1.82, 2.24) is 9.55 Å². The Balaban J connectivity index is 1.09. The number of aromatic amines is 1. The van der Waals surface area contributed by atoms with Crippen LogP contribution in [0.1, 0.15) is 118 Å². The summed E-state index contributed by atoms with van der Waals surface area (Å²) in [5, 5.41) is 63.0. The molecular formula is C52H70N2O8. The minimum atomic E-state index is -1.61. The molecule has 3 heterocycles. The normalized spacial score (nSPS) is 48.0. The van der Waals surface area contributed by atoms with Crippen LogP contribution in [0.2, 0.25) is 0 Å². The Labute approximate surface area is 367 Å². The van der Waals surface area contributed by atoms with Gasteiger partial charge in [0.1, 0.15) is 0 Å². The van der Waals surface area contributed by atoms with E-state index < -0.39 is 52.2 Å². The predicted octanol–water partition coefficient (Wildman–Crippen LogP) is 6.88. The Morgan fingerprint density at radius 3 is 2.55 bits per heavy atom. The number of ether oxygens (including phenoxy) is 1. The van der Waals surface area contributed by atoms with E-state index >= 15 is 0 Å². The van der Waals surface area contributed by atoms with E-state index in [1.54, 1.807) is 11.6 Å². The third-order valence-electron chi connectivity index (χ3n) is 19.3. The number of rotatable bonds is 4. The summed E-state index contributed by atoms with van der Waals surface area (Å²) in [5.74, 6) is 7.35. The number of aliphatic hydroxyl groups is 5. The van der Waals surface area contributed by atoms with E-state index in [1.807, 2.05) is 19.2 Å². The molecule has 2 aromatic rings. The van der Waals surface area contributed by atoms with E-state index in [-0.39, 0.29) is 66.5 Å². The zero-order chi connectivity index (χ0) is 43.5. The molecule has 0 aromatic carbocycles. The van der Waals surface area contributed by atoms with Crippen molar-refractivity contribution in [2.24, 2.45) is 75.9 Å². The Morgan fingerprint density at radius 1 is 0.952 bits per heavy atom. The highest BCUT2D eigenvalue weighted by Gasteiger charge is 2.73. The standard InChI is InChI=1S/C52H70N2O8/c1-29-8-9-31-10-11-36-30(2)19-46(58)50(4,60)48-33(7-5-6-32(20-38(36)37(31)18-29)35-21-47(59)62-28-35)24-52(61)40-22-43(55)41-23-44(56)45(57)25-49(41,3)39(40)12-14-51(48,52)15-17-54-26-34-13-16-53-42(34)27-54/h10,13,16,22,26-27,29-30,32-33,35-39,41,44-46,48,53,56-58,60-61H,7-9,11-12,14-15,17-21,23-25,28H2,1-4H3. The van der Waals surface area contributed by atoms with Crippen LogP contribution in [0, 0.1) is 87.8 Å². The molecule has 1 aliphatic heterocycles. The largest absolute Gasteiger partial charge is 0.465 e. The van der Waals surface area contributed by atoms with Crippen molar-refractivity contribution in [1.29, 1.82) is 0 Å². The average molecular weight is 851 g/mol. The summed E-state index contributed by atoms with van der Waals surface area (Å²) in [6.45, 7) is 9.44. The zero-order valence-electron chi connectivity index (χ0n) is 37.3. The van der Waals surface area contributed by atoms with Gasteiger partial charge in [-0.3, -0.25) is 9.59 Å². The Hall–Kier alpha value is -3.20. The molecule has 8 aliphatic rings. The zero-order valence-corrected chi connectivity index (χ0v) is 37.3. The molecule has 0 amide bonds. The summed E-state index contributed by atoms with van der Waals surface area (Å²) < 4.78 is 7.76. The van der Waals surface area contributed by atoms with Gasteiger partial charge in [-0.1, -0.05) is 38.3 Å². The summed E-state index contributed by atoms with van der Waals surface area (Å²) in [6, 6.07) is 2.04. The van der Waals surface area contributed by atoms with Crippen LogP contribution in [0.4, 0.5) is 0 Å². The van der Waals surface area contributed by atoms with Gasteiger partial charge in [-0.15, -0.1) is 5.92 Å². The molecule has 10 nitrogen and oxygen atoms in total. The molecule has 18 atom stereocenters. The summed E-state index contributed by atoms with van der Waals surface area (Å²) in [7, 11) is 0. The molecule has 62 heavy (non-hydrogen) atoms. The number of carbonyl (C=O) groups excluding carboxylic acids is 2. The minimum absolute atomic E-state index is 0.00220. The molecule has 6 N–H and O–H groups in total. The van der Waals surface area contributed by atoms with E-state index in [0.29, 0.717) is 75.0 Å². The lowest BCUT2D eigenvalue weighted by molar-refractivity contribution is -0.190. The quantitative estimate of drug-likeness (QED) is 0.110. The smallest absolute Gasteiger partial charge is 0.306 e. The van der Waals surface area contributed by atoms with Crippen LogP contribution < -0.4 is 0 Å². The molecular weight excluding hydrogens is 781 g/mol. The predicted molar refractivity (Wildman–Crippen MR) is 235 cm³/mol. The third kappa shape index (κ3) is 6.67. The Bertz CT molecular complexity index is 2180.